The number of aliphatic hydroxyl groups excluding tert-OH is 1. The topological polar surface area (TPSA) is 64.7 Å². The average molecular weight is 239 g/mol. The van der Waals surface area contributed by atoms with Crippen LogP contribution in [0.25, 0.3) is 0 Å². The maximum Gasteiger partial charge on any atom is 0.127 e. The Kier molecular flexibility index (Phi) is 5.25. The highest BCUT2D eigenvalue weighted by Crippen LogP contribution is 2.28. The molecule has 2 unspecified atom stereocenters. The van der Waals surface area contributed by atoms with Crippen LogP contribution in [0.3, 0.4) is 0 Å². The van der Waals surface area contributed by atoms with Gasteiger partial charge in [0.05, 0.1) is 13.7 Å². The van der Waals surface area contributed by atoms with Crippen LogP contribution in [0.5, 0.6) is 11.5 Å². The van der Waals surface area contributed by atoms with Gasteiger partial charge in [-0.15, -0.1) is 0 Å². The van der Waals surface area contributed by atoms with Crippen molar-refractivity contribution in [3.8, 4) is 11.5 Å². The average Bonchev–Trinajstić information content (AvgIpc) is 2.35. The Morgan fingerprint density at radius 2 is 2.06 bits per heavy atom. The molecule has 1 aromatic carbocycles. The van der Waals surface area contributed by atoms with E-state index in [0.717, 1.165) is 17.1 Å². The third-order valence-corrected chi connectivity index (χ3v) is 2.55. The minimum atomic E-state index is -0.0969. The molecule has 96 valence electrons. The van der Waals surface area contributed by atoms with Crippen LogP contribution in [-0.4, -0.2) is 25.4 Å². The van der Waals surface area contributed by atoms with Crippen molar-refractivity contribution in [2.45, 2.75) is 19.9 Å². The maximum atomic E-state index is 8.96. The Morgan fingerprint density at radius 3 is 2.59 bits per heavy atom. The maximum absolute atomic E-state index is 8.96. The van der Waals surface area contributed by atoms with E-state index in [2.05, 4.69) is 0 Å². The van der Waals surface area contributed by atoms with E-state index in [-0.39, 0.29) is 18.6 Å². The molecular weight excluding hydrogens is 218 g/mol. The second-order valence-electron chi connectivity index (χ2n) is 4.29. The van der Waals surface area contributed by atoms with Crippen LogP contribution >= 0.6 is 0 Å². The van der Waals surface area contributed by atoms with Gasteiger partial charge in [0.15, 0.2) is 0 Å². The number of rotatable bonds is 6. The van der Waals surface area contributed by atoms with Crippen LogP contribution in [0.4, 0.5) is 0 Å². The lowest BCUT2D eigenvalue weighted by molar-refractivity contribution is 0.173. The van der Waals surface area contributed by atoms with Crippen LogP contribution in [0.1, 0.15) is 25.5 Å². The molecule has 17 heavy (non-hydrogen) atoms. The first-order valence-electron chi connectivity index (χ1n) is 5.75. The van der Waals surface area contributed by atoms with Crippen molar-refractivity contribution in [1.29, 1.82) is 0 Å². The predicted octanol–water partition coefficient (Wildman–Crippen LogP) is 1.72. The lowest BCUT2D eigenvalue weighted by Gasteiger charge is -2.17. The number of methoxy groups -OCH3 is 1. The normalized spacial score (nSPS) is 14.2. The van der Waals surface area contributed by atoms with Crippen molar-refractivity contribution in [3.05, 3.63) is 23.8 Å². The van der Waals surface area contributed by atoms with Gasteiger partial charge in [-0.25, -0.2) is 0 Å². The minimum Gasteiger partial charge on any atom is -0.497 e. The Labute approximate surface area is 102 Å². The molecule has 0 amide bonds. The van der Waals surface area contributed by atoms with Crippen molar-refractivity contribution < 1.29 is 14.6 Å². The lowest BCUT2D eigenvalue weighted by atomic mass is 10.1. The first-order valence-corrected chi connectivity index (χ1v) is 5.75. The van der Waals surface area contributed by atoms with Crippen LogP contribution in [0.2, 0.25) is 0 Å². The van der Waals surface area contributed by atoms with Gasteiger partial charge in [0.1, 0.15) is 11.5 Å². The summed E-state index contributed by atoms with van der Waals surface area (Å²) in [7, 11) is 1.61. The van der Waals surface area contributed by atoms with Gasteiger partial charge in [0.2, 0.25) is 0 Å². The second kappa shape index (κ2) is 6.47. The largest absolute Gasteiger partial charge is 0.497 e. The zero-order valence-corrected chi connectivity index (χ0v) is 10.6. The van der Waals surface area contributed by atoms with Crippen LogP contribution in [-0.2, 0) is 0 Å². The predicted molar refractivity (Wildman–Crippen MR) is 67.3 cm³/mol. The SMILES string of the molecule is COc1ccc(C(C)N)c(OCC(C)CO)c1. The molecule has 4 nitrogen and oxygen atoms in total. The van der Waals surface area contributed by atoms with E-state index in [9.17, 15) is 0 Å². The Morgan fingerprint density at radius 1 is 1.35 bits per heavy atom. The number of nitrogens with two attached hydrogens (primary N) is 1. The molecule has 0 aliphatic carbocycles. The Hall–Kier alpha value is -1.26. The second-order valence-corrected chi connectivity index (χ2v) is 4.29. The summed E-state index contributed by atoms with van der Waals surface area (Å²) in [5.41, 5.74) is 6.82. The Bertz CT molecular complexity index is 353. The highest BCUT2D eigenvalue weighted by Gasteiger charge is 2.11. The Balaban J connectivity index is 2.85. The molecule has 0 fully saturated rings. The number of hydrogen-bond acceptors (Lipinski definition) is 4. The van der Waals surface area contributed by atoms with E-state index in [1.165, 1.54) is 0 Å². The first kappa shape index (κ1) is 13.8. The highest BCUT2D eigenvalue weighted by molar-refractivity contribution is 5.42. The summed E-state index contributed by atoms with van der Waals surface area (Å²) < 4.78 is 10.8. The van der Waals surface area contributed by atoms with E-state index in [1.807, 2.05) is 32.0 Å². The highest BCUT2D eigenvalue weighted by atomic mass is 16.5. The van der Waals surface area contributed by atoms with E-state index >= 15 is 0 Å². The molecule has 0 radical (unpaired) electrons. The molecule has 0 saturated heterocycles. The number of ether oxygens (including phenoxy) is 2. The lowest BCUT2D eigenvalue weighted by Crippen LogP contribution is -2.14. The number of aliphatic hydroxyl groups is 1. The standard InChI is InChI=1S/C13H21NO3/c1-9(7-15)8-17-13-6-11(16-3)4-5-12(13)10(2)14/h4-6,9-10,15H,7-8,14H2,1-3H3. The molecule has 4 heteroatoms. The molecule has 0 aliphatic rings. The van der Waals surface area contributed by atoms with Crippen LogP contribution in [0.15, 0.2) is 18.2 Å². The molecule has 2 atom stereocenters. The smallest absolute Gasteiger partial charge is 0.127 e. The molecule has 0 saturated carbocycles. The molecule has 3 N–H and O–H groups in total. The van der Waals surface area contributed by atoms with Crippen molar-refractivity contribution in [2.75, 3.05) is 20.3 Å². The van der Waals surface area contributed by atoms with Gasteiger partial charge >= 0.3 is 0 Å². The van der Waals surface area contributed by atoms with E-state index < -0.39 is 0 Å². The fourth-order valence-corrected chi connectivity index (χ4v) is 1.43. The minimum absolute atomic E-state index is 0.0969. The van der Waals surface area contributed by atoms with Crippen molar-refractivity contribution >= 4 is 0 Å². The third-order valence-electron chi connectivity index (χ3n) is 2.55. The van der Waals surface area contributed by atoms with Crippen LogP contribution < -0.4 is 15.2 Å². The summed E-state index contributed by atoms with van der Waals surface area (Å²) >= 11 is 0. The quantitative estimate of drug-likeness (QED) is 0.793. The van der Waals surface area contributed by atoms with Gasteiger partial charge in [-0.05, 0) is 13.0 Å². The molecule has 0 bridgehead atoms. The zero-order valence-electron chi connectivity index (χ0n) is 10.6. The third kappa shape index (κ3) is 3.91. The van der Waals surface area contributed by atoms with Gasteiger partial charge in [-0.2, -0.15) is 0 Å². The summed E-state index contributed by atoms with van der Waals surface area (Å²) in [6.45, 7) is 4.40. The van der Waals surface area contributed by atoms with E-state index in [0.29, 0.717) is 6.61 Å². The van der Waals surface area contributed by atoms with Gasteiger partial charge in [0, 0.05) is 30.2 Å². The molecule has 0 aliphatic heterocycles. The van der Waals surface area contributed by atoms with Crippen molar-refractivity contribution in [1.82, 2.24) is 0 Å². The fraction of sp³-hybridized carbons (Fsp3) is 0.538. The van der Waals surface area contributed by atoms with Crippen molar-refractivity contribution in [2.24, 2.45) is 11.7 Å². The summed E-state index contributed by atoms with van der Waals surface area (Å²) in [4.78, 5) is 0. The summed E-state index contributed by atoms with van der Waals surface area (Å²) in [5, 5.41) is 8.96. The van der Waals surface area contributed by atoms with Crippen LogP contribution in [0, 0.1) is 5.92 Å². The molecule has 1 rings (SSSR count). The van der Waals surface area contributed by atoms with Crippen molar-refractivity contribution in [3.63, 3.8) is 0 Å². The van der Waals surface area contributed by atoms with Gasteiger partial charge in [-0.1, -0.05) is 13.0 Å². The molecule has 1 aromatic rings. The number of benzene rings is 1. The summed E-state index contributed by atoms with van der Waals surface area (Å²) in [6.07, 6.45) is 0. The molecular formula is C13H21NO3. The van der Waals surface area contributed by atoms with Gasteiger partial charge < -0.3 is 20.3 Å². The van der Waals surface area contributed by atoms with E-state index in [1.54, 1.807) is 7.11 Å². The fourth-order valence-electron chi connectivity index (χ4n) is 1.43. The van der Waals surface area contributed by atoms with Gasteiger partial charge in [-0.3, -0.25) is 0 Å². The first-order chi connectivity index (χ1) is 8.08. The molecule has 0 aromatic heterocycles. The monoisotopic (exact) mass is 239 g/mol. The number of hydrogen-bond donors (Lipinski definition) is 2. The molecule has 0 spiro atoms. The zero-order chi connectivity index (χ0) is 12.8. The van der Waals surface area contributed by atoms with Gasteiger partial charge in [0.25, 0.3) is 0 Å². The summed E-state index contributed by atoms with van der Waals surface area (Å²) in [6, 6.07) is 5.49. The van der Waals surface area contributed by atoms with E-state index in [4.69, 9.17) is 20.3 Å². The summed E-state index contributed by atoms with van der Waals surface area (Å²) in [5.74, 6) is 1.56. The molecule has 0 heterocycles.